The Kier molecular flexibility index (Phi) is 4.33. The van der Waals surface area contributed by atoms with Gasteiger partial charge in [-0.25, -0.2) is 0 Å². The van der Waals surface area contributed by atoms with Crippen LogP contribution in [0.15, 0.2) is 30.3 Å². The molecule has 0 aliphatic carbocycles. The van der Waals surface area contributed by atoms with Gasteiger partial charge >= 0.3 is 0 Å². The van der Waals surface area contributed by atoms with Crippen molar-refractivity contribution in [3.63, 3.8) is 0 Å². The maximum atomic E-state index is 11.8. The third kappa shape index (κ3) is 3.26. The van der Waals surface area contributed by atoms with Crippen molar-refractivity contribution in [2.24, 2.45) is 5.92 Å². The highest BCUT2D eigenvalue weighted by Gasteiger charge is 2.17. The molecule has 0 saturated carbocycles. The number of ketones is 1. The first-order chi connectivity index (χ1) is 6.61. The van der Waals surface area contributed by atoms with E-state index < -0.39 is 0 Å². The Balaban J connectivity index is 2.66. The number of alkyl halides is 1. The van der Waals surface area contributed by atoms with Crippen LogP contribution in [0, 0.1) is 5.92 Å². The van der Waals surface area contributed by atoms with Crippen LogP contribution in [0.5, 0.6) is 0 Å². The van der Waals surface area contributed by atoms with E-state index in [4.69, 9.17) is 0 Å². The summed E-state index contributed by atoms with van der Waals surface area (Å²) in [6.45, 7) is 4.24. The van der Waals surface area contributed by atoms with Gasteiger partial charge in [0.05, 0.1) is 4.83 Å². The van der Waals surface area contributed by atoms with Gasteiger partial charge in [-0.1, -0.05) is 60.1 Å². The summed E-state index contributed by atoms with van der Waals surface area (Å²) < 4.78 is 0. The van der Waals surface area contributed by atoms with E-state index in [2.05, 4.69) is 29.8 Å². The lowest BCUT2D eigenvalue weighted by atomic mass is 10.0. The molecule has 0 radical (unpaired) electrons. The molecule has 0 aliphatic rings. The molecule has 0 aliphatic heterocycles. The monoisotopic (exact) mass is 254 g/mol. The van der Waals surface area contributed by atoms with Gasteiger partial charge in [0.1, 0.15) is 0 Å². The number of hydrogen-bond acceptors (Lipinski definition) is 1. The first-order valence-electron chi connectivity index (χ1n) is 4.84. The number of carbonyl (C=O) groups excluding carboxylic acids is 1. The van der Waals surface area contributed by atoms with Gasteiger partial charge in [-0.3, -0.25) is 4.79 Å². The second-order valence-electron chi connectivity index (χ2n) is 3.83. The summed E-state index contributed by atoms with van der Waals surface area (Å²) in [5.74, 6) is 0.714. The van der Waals surface area contributed by atoms with Crippen molar-refractivity contribution in [2.45, 2.75) is 25.1 Å². The van der Waals surface area contributed by atoms with Gasteiger partial charge in [-0.15, -0.1) is 0 Å². The summed E-state index contributed by atoms with van der Waals surface area (Å²) in [5, 5.41) is 0. The van der Waals surface area contributed by atoms with Crippen LogP contribution in [0.25, 0.3) is 0 Å². The van der Waals surface area contributed by atoms with Crippen molar-refractivity contribution in [3.05, 3.63) is 35.9 Å². The summed E-state index contributed by atoms with van der Waals surface area (Å²) >= 11 is 3.43. The first kappa shape index (κ1) is 11.4. The van der Waals surface area contributed by atoms with Crippen molar-refractivity contribution in [2.75, 3.05) is 0 Å². The molecular formula is C12H15BrO. The lowest BCUT2D eigenvalue weighted by Gasteiger charge is -2.10. The molecule has 1 nitrogen and oxygen atoms in total. The number of Topliss-reactive ketones (excluding diaryl/α,β-unsaturated/α-hetero) is 1. The predicted octanol–water partition coefficient (Wildman–Crippen LogP) is 3.68. The highest BCUT2D eigenvalue weighted by atomic mass is 79.9. The Bertz CT molecular complexity index is 292. The average molecular weight is 255 g/mol. The Labute approximate surface area is 93.7 Å². The van der Waals surface area contributed by atoms with Gasteiger partial charge in [0, 0.05) is 5.56 Å². The van der Waals surface area contributed by atoms with E-state index in [0.717, 1.165) is 12.0 Å². The van der Waals surface area contributed by atoms with Gasteiger partial charge in [0.2, 0.25) is 0 Å². The van der Waals surface area contributed by atoms with Crippen LogP contribution in [0.2, 0.25) is 0 Å². The molecule has 2 heteroatoms. The molecule has 0 N–H and O–H groups in total. The highest BCUT2D eigenvalue weighted by Crippen LogP contribution is 2.17. The molecule has 1 aromatic carbocycles. The SMILES string of the molecule is CC(C)CC(Br)C(=O)c1ccccc1. The summed E-state index contributed by atoms with van der Waals surface area (Å²) in [6, 6.07) is 9.42. The second kappa shape index (κ2) is 5.30. The third-order valence-corrected chi connectivity index (χ3v) is 2.81. The van der Waals surface area contributed by atoms with E-state index in [-0.39, 0.29) is 10.6 Å². The van der Waals surface area contributed by atoms with Crippen molar-refractivity contribution < 1.29 is 4.79 Å². The normalized spacial score (nSPS) is 12.9. The quantitative estimate of drug-likeness (QED) is 0.592. The number of hydrogen-bond donors (Lipinski definition) is 0. The van der Waals surface area contributed by atoms with Crippen LogP contribution in [-0.4, -0.2) is 10.6 Å². The zero-order chi connectivity index (χ0) is 10.6. The number of halogens is 1. The summed E-state index contributed by atoms with van der Waals surface area (Å²) in [4.78, 5) is 11.8. The fraction of sp³-hybridized carbons (Fsp3) is 0.417. The lowest BCUT2D eigenvalue weighted by molar-refractivity contribution is 0.0984. The molecule has 1 rings (SSSR count). The first-order valence-corrected chi connectivity index (χ1v) is 5.76. The maximum Gasteiger partial charge on any atom is 0.176 e. The summed E-state index contributed by atoms with van der Waals surface area (Å²) in [6.07, 6.45) is 0.883. The molecule has 1 unspecified atom stereocenters. The zero-order valence-corrected chi connectivity index (χ0v) is 10.1. The van der Waals surface area contributed by atoms with Crippen LogP contribution in [-0.2, 0) is 0 Å². The van der Waals surface area contributed by atoms with E-state index in [1.807, 2.05) is 30.3 Å². The Hall–Kier alpha value is -0.630. The number of benzene rings is 1. The molecular weight excluding hydrogens is 240 g/mol. The van der Waals surface area contributed by atoms with Crippen LogP contribution in [0.4, 0.5) is 0 Å². The summed E-state index contributed by atoms with van der Waals surface area (Å²) in [7, 11) is 0. The maximum absolute atomic E-state index is 11.8. The van der Waals surface area contributed by atoms with E-state index in [0.29, 0.717) is 5.92 Å². The lowest BCUT2D eigenvalue weighted by Crippen LogP contribution is -2.16. The van der Waals surface area contributed by atoms with Crippen molar-refractivity contribution >= 4 is 21.7 Å². The zero-order valence-electron chi connectivity index (χ0n) is 8.53. The van der Waals surface area contributed by atoms with Crippen LogP contribution >= 0.6 is 15.9 Å². The Morgan fingerprint density at radius 2 is 1.86 bits per heavy atom. The standard InChI is InChI=1S/C12H15BrO/c1-9(2)8-11(13)12(14)10-6-4-3-5-7-10/h3-7,9,11H,8H2,1-2H3. The van der Waals surface area contributed by atoms with Gasteiger partial charge in [-0.2, -0.15) is 0 Å². The summed E-state index contributed by atoms with van der Waals surface area (Å²) in [5.41, 5.74) is 0.787. The van der Waals surface area contributed by atoms with Crippen LogP contribution in [0.3, 0.4) is 0 Å². The molecule has 1 aromatic rings. The molecule has 0 amide bonds. The molecule has 76 valence electrons. The predicted molar refractivity (Wildman–Crippen MR) is 62.9 cm³/mol. The Morgan fingerprint density at radius 1 is 1.29 bits per heavy atom. The fourth-order valence-corrected chi connectivity index (χ4v) is 2.32. The third-order valence-electron chi connectivity index (χ3n) is 2.02. The van der Waals surface area contributed by atoms with Crippen molar-refractivity contribution in [1.29, 1.82) is 0 Å². The minimum atomic E-state index is -0.0510. The van der Waals surface area contributed by atoms with Gasteiger partial charge in [0.15, 0.2) is 5.78 Å². The minimum Gasteiger partial charge on any atom is -0.293 e. The Morgan fingerprint density at radius 3 is 2.36 bits per heavy atom. The van der Waals surface area contributed by atoms with E-state index in [1.54, 1.807) is 0 Å². The van der Waals surface area contributed by atoms with Crippen LogP contribution < -0.4 is 0 Å². The molecule has 0 spiro atoms. The smallest absolute Gasteiger partial charge is 0.176 e. The van der Waals surface area contributed by atoms with E-state index >= 15 is 0 Å². The average Bonchev–Trinajstić information content (AvgIpc) is 2.17. The molecule has 0 bridgehead atoms. The molecule has 0 saturated heterocycles. The van der Waals surface area contributed by atoms with E-state index in [9.17, 15) is 4.79 Å². The van der Waals surface area contributed by atoms with E-state index in [1.165, 1.54) is 0 Å². The fourth-order valence-electron chi connectivity index (χ4n) is 1.30. The minimum absolute atomic E-state index is 0.0510. The second-order valence-corrected chi connectivity index (χ2v) is 4.93. The van der Waals surface area contributed by atoms with Crippen molar-refractivity contribution in [1.82, 2.24) is 0 Å². The topological polar surface area (TPSA) is 17.1 Å². The number of carbonyl (C=O) groups is 1. The molecule has 1 atom stereocenters. The highest BCUT2D eigenvalue weighted by molar-refractivity contribution is 9.10. The molecule has 0 heterocycles. The number of rotatable bonds is 4. The van der Waals surface area contributed by atoms with Gasteiger partial charge in [0.25, 0.3) is 0 Å². The largest absolute Gasteiger partial charge is 0.293 e. The van der Waals surface area contributed by atoms with Gasteiger partial charge < -0.3 is 0 Å². The molecule has 14 heavy (non-hydrogen) atoms. The molecule has 0 aromatic heterocycles. The van der Waals surface area contributed by atoms with Crippen molar-refractivity contribution in [3.8, 4) is 0 Å². The molecule has 0 fully saturated rings. The van der Waals surface area contributed by atoms with Crippen LogP contribution in [0.1, 0.15) is 30.6 Å². The van der Waals surface area contributed by atoms with Gasteiger partial charge in [-0.05, 0) is 12.3 Å².